The number of anilines is 1. The third-order valence-corrected chi connectivity index (χ3v) is 4.15. The Bertz CT molecular complexity index is 482. The van der Waals surface area contributed by atoms with E-state index in [1.54, 1.807) is 11.8 Å². The highest BCUT2D eigenvalue weighted by molar-refractivity contribution is 6.39. The number of halogens is 2. The topological polar surface area (TPSA) is 66.6 Å². The van der Waals surface area contributed by atoms with Gasteiger partial charge in [0.15, 0.2) is 0 Å². The second-order valence-corrected chi connectivity index (χ2v) is 5.71. The molecule has 0 bridgehead atoms. The minimum atomic E-state index is -0.406. The number of aliphatic hydroxyl groups is 1. The first-order valence-electron chi connectivity index (χ1n) is 6.12. The van der Waals surface area contributed by atoms with E-state index in [-0.39, 0.29) is 27.6 Å². The Kier molecular flexibility index (Phi) is 4.23. The van der Waals surface area contributed by atoms with E-state index in [1.807, 2.05) is 0 Å². The molecule has 1 amide bonds. The van der Waals surface area contributed by atoms with Gasteiger partial charge in [-0.3, -0.25) is 4.79 Å². The van der Waals surface area contributed by atoms with Gasteiger partial charge in [-0.2, -0.15) is 0 Å². The second kappa shape index (κ2) is 5.57. The number of hydrogen-bond donors (Lipinski definition) is 2. The Morgan fingerprint density at radius 3 is 2.53 bits per heavy atom. The molecule has 0 aromatic heterocycles. The molecular formula is C13H16Cl2N2O2. The molecule has 0 spiro atoms. The van der Waals surface area contributed by atoms with Gasteiger partial charge < -0.3 is 15.7 Å². The van der Waals surface area contributed by atoms with Crippen LogP contribution in [0.2, 0.25) is 10.0 Å². The summed E-state index contributed by atoms with van der Waals surface area (Å²) in [4.78, 5) is 14.0. The number of carbonyl (C=O) groups excluding carboxylic acids is 1. The Morgan fingerprint density at radius 2 is 2.05 bits per heavy atom. The molecule has 104 valence electrons. The van der Waals surface area contributed by atoms with Crippen LogP contribution in [0.4, 0.5) is 5.69 Å². The molecule has 0 aliphatic carbocycles. The number of amides is 1. The van der Waals surface area contributed by atoms with Gasteiger partial charge in [0.2, 0.25) is 0 Å². The number of nitrogens with zero attached hydrogens (tertiary/aromatic N) is 1. The molecule has 0 radical (unpaired) electrons. The van der Waals surface area contributed by atoms with E-state index in [9.17, 15) is 9.90 Å². The van der Waals surface area contributed by atoms with Crippen LogP contribution in [0.1, 0.15) is 23.7 Å². The van der Waals surface area contributed by atoms with Crippen molar-refractivity contribution in [3.63, 3.8) is 0 Å². The van der Waals surface area contributed by atoms with Gasteiger partial charge in [0.25, 0.3) is 5.91 Å². The van der Waals surface area contributed by atoms with Crippen LogP contribution < -0.4 is 5.73 Å². The van der Waals surface area contributed by atoms with Gasteiger partial charge in [-0.15, -0.1) is 0 Å². The zero-order valence-corrected chi connectivity index (χ0v) is 12.1. The number of carbonyl (C=O) groups is 1. The van der Waals surface area contributed by atoms with E-state index in [0.717, 1.165) is 6.42 Å². The molecule has 1 aromatic rings. The maximum atomic E-state index is 12.3. The summed E-state index contributed by atoms with van der Waals surface area (Å²) in [5.41, 5.74) is 6.35. The highest BCUT2D eigenvalue weighted by atomic mass is 35.5. The minimum Gasteiger partial charge on any atom is -0.396 e. The largest absolute Gasteiger partial charge is 0.396 e. The lowest BCUT2D eigenvalue weighted by Gasteiger charge is -2.18. The molecule has 1 fully saturated rings. The van der Waals surface area contributed by atoms with Crippen molar-refractivity contribution >= 4 is 34.8 Å². The van der Waals surface area contributed by atoms with Gasteiger partial charge in [-0.05, 0) is 25.5 Å². The van der Waals surface area contributed by atoms with Crippen LogP contribution in [0, 0.1) is 5.92 Å². The van der Waals surface area contributed by atoms with Crippen molar-refractivity contribution < 1.29 is 9.90 Å². The molecule has 2 atom stereocenters. The number of likely N-dealkylation sites (tertiary alicyclic amines) is 1. The van der Waals surface area contributed by atoms with Crippen LogP contribution in [-0.2, 0) is 0 Å². The van der Waals surface area contributed by atoms with Gasteiger partial charge in [-0.1, -0.05) is 23.2 Å². The molecule has 1 aromatic carbocycles. The molecule has 3 N–H and O–H groups in total. The molecule has 0 saturated carbocycles. The predicted octanol–water partition coefficient (Wildman–Crippen LogP) is 2.42. The molecule has 1 heterocycles. The summed E-state index contributed by atoms with van der Waals surface area (Å²) >= 11 is 11.9. The normalized spacial score (nSPS) is 20.6. The predicted molar refractivity (Wildman–Crippen MR) is 76.6 cm³/mol. The Balaban J connectivity index is 2.17. The van der Waals surface area contributed by atoms with Gasteiger partial charge in [-0.25, -0.2) is 0 Å². The third-order valence-electron chi connectivity index (χ3n) is 3.52. The fourth-order valence-corrected chi connectivity index (χ4v) is 2.74. The van der Waals surface area contributed by atoms with E-state index >= 15 is 0 Å². The summed E-state index contributed by atoms with van der Waals surface area (Å²) in [7, 11) is 0. The monoisotopic (exact) mass is 302 g/mol. The molecule has 2 rings (SSSR count). The number of nitrogen functional groups attached to an aromatic ring is 1. The smallest absolute Gasteiger partial charge is 0.253 e. The van der Waals surface area contributed by atoms with Crippen molar-refractivity contribution in [3.05, 3.63) is 27.7 Å². The number of nitrogens with two attached hydrogens (primary N) is 1. The highest BCUT2D eigenvalue weighted by Crippen LogP contribution is 2.30. The standard InChI is InChI=1S/C13H16Cl2N2O2/c1-7(18)8-2-3-17(6-8)13(19)9-4-10(14)12(16)11(15)5-9/h4-5,7-8,18H,2-3,6,16H2,1H3. The van der Waals surface area contributed by atoms with E-state index < -0.39 is 6.10 Å². The first kappa shape index (κ1) is 14.4. The first-order chi connectivity index (χ1) is 8.90. The summed E-state index contributed by atoms with van der Waals surface area (Å²) in [6, 6.07) is 3.06. The number of aliphatic hydroxyl groups excluding tert-OH is 1. The number of hydrogen-bond acceptors (Lipinski definition) is 3. The molecule has 1 saturated heterocycles. The van der Waals surface area contributed by atoms with Crippen molar-refractivity contribution in [2.45, 2.75) is 19.4 Å². The summed E-state index contributed by atoms with van der Waals surface area (Å²) in [6.45, 7) is 2.93. The molecule has 1 aliphatic rings. The van der Waals surface area contributed by atoms with Crippen molar-refractivity contribution in [3.8, 4) is 0 Å². The Hall–Kier alpha value is -0.970. The molecular weight excluding hydrogens is 287 g/mol. The van der Waals surface area contributed by atoms with Crippen LogP contribution in [-0.4, -0.2) is 35.1 Å². The lowest BCUT2D eigenvalue weighted by molar-refractivity contribution is 0.0762. The van der Waals surface area contributed by atoms with Crippen LogP contribution in [0.15, 0.2) is 12.1 Å². The van der Waals surface area contributed by atoms with Crippen molar-refractivity contribution in [1.29, 1.82) is 0 Å². The van der Waals surface area contributed by atoms with Gasteiger partial charge in [0, 0.05) is 24.6 Å². The zero-order chi connectivity index (χ0) is 14.2. The van der Waals surface area contributed by atoms with E-state index in [1.165, 1.54) is 12.1 Å². The molecule has 6 heteroatoms. The van der Waals surface area contributed by atoms with Crippen molar-refractivity contribution in [1.82, 2.24) is 4.90 Å². The van der Waals surface area contributed by atoms with Crippen LogP contribution in [0.3, 0.4) is 0 Å². The van der Waals surface area contributed by atoms with E-state index in [2.05, 4.69) is 0 Å². The second-order valence-electron chi connectivity index (χ2n) is 4.89. The van der Waals surface area contributed by atoms with Gasteiger partial charge >= 0.3 is 0 Å². The quantitative estimate of drug-likeness (QED) is 0.825. The molecule has 19 heavy (non-hydrogen) atoms. The van der Waals surface area contributed by atoms with Crippen molar-refractivity contribution in [2.75, 3.05) is 18.8 Å². The Morgan fingerprint density at radius 1 is 1.47 bits per heavy atom. The van der Waals surface area contributed by atoms with Gasteiger partial charge in [0.1, 0.15) is 0 Å². The van der Waals surface area contributed by atoms with Crippen molar-refractivity contribution in [2.24, 2.45) is 5.92 Å². The van der Waals surface area contributed by atoms with Gasteiger partial charge in [0.05, 0.1) is 21.8 Å². The minimum absolute atomic E-state index is 0.128. The average molecular weight is 303 g/mol. The summed E-state index contributed by atoms with van der Waals surface area (Å²) in [5.74, 6) is -0.00405. The molecule has 2 unspecified atom stereocenters. The maximum Gasteiger partial charge on any atom is 0.253 e. The van der Waals surface area contributed by atoms with Crippen LogP contribution >= 0.6 is 23.2 Å². The SMILES string of the molecule is CC(O)C1CCN(C(=O)c2cc(Cl)c(N)c(Cl)c2)C1. The van der Waals surface area contributed by atoms with Crippen LogP contribution in [0.5, 0.6) is 0 Å². The fourth-order valence-electron chi connectivity index (χ4n) is 2.26. The highest BCUT2D eigenvalue weighted by Gasteiger charge is 2.29. The average Bonchev–Trinajstić information content (AvgIpc) is 2.84. The zero-order valence-electron chi connectivity index (χ0n) is 10.6. The lowest BCUT2D eigenvalue weighted by Crippen LogP contribution is -2.30. The lowest BCUT2D eigenvalue weighted by atomic mass is 10.0. The molecule has 4 nitrogen and oxygen atoms in total. The first-order valence-corrected chi connectivity index (χ1v) is 6.87. The van der Waals surface area contributed by atoms with E-state index in [4.69, 9.17) is 28.9 Å². The summed E-state index contributed by atoms with van der Waals surface area (Å²) < 4.78 is 0. The third kappa shape index (κ3) is 2.96. The molecule has 1 aliphatic heterocycles. The number of benzene rings is 1. The fraction of sp³-hybridized carbons (Fsp3) is 0.462. The van der Waals surface area contributed by atoms with Crippen LogP contribution in [0.25, 0.3) is 0 Å². The summed E-state index contributed by atoms with van der Waals surface area (Å²) in [6.07, 6.45) is 0.399. The number of rotatable bonds is 2. The van der Waals surface area contributed by atoms with E-state index in [0.29, 0.717) is 18.7 Å². The maximum absolute atomic E-state index is 12.3. The Labute approximate surface area is 122 Å². The summed E-state index contributed by atoms with van der Waals surface area (Å²) in [5, 5.41) is 10.1.